The summed E-state index contributed by atoms with van der Waals surface area (Å²) in [5, 5.41) is 3.86. The number of hydrogen-bond acceptors (Lipinski definition) is 4. The van der Waals surface area contributed by atoms with Gasteiger partial charge in [0.25, 0.3) is 5.91 Å². The summed E-state index contributed by atoms with van der Waals surface area (Å²) in [6.45, 7) is 8.66. The average molecular weight is 633 g/mol. The zero-order valence-electron chi connectivity index (χ0n) is 26.5. The highest BCUT2D eigenvalue weighted by atomic mass is 35.5. The fraction of sp³-hybridized carbons (Fsp3) is 0.333. The van der Waals surface area contributed by atoms with Crippen LogP contribution in [0.4, 0.5) is 5.69 Å². The van der Waals surface area contributed by atoms with E-state index in [-0.39, 0.29) is 11.8 Å². The molecule has 0 radical (unpaired) electrons. The third kappa shape index (κ3) is 5.58. The van der Waals surface area contributed by atoms with Gasteiger partial charge in [0, 0.05) is 62.1 Å². The Balaban J connectivity index is 0.952. The summed E-state index contributed by atoms with van der Waals surface area (Å²) in [5.41, 5.74) is 8.07. The summed E-state index contributed by atoms with van der Waals surface area (Å²) >= 11 is 6.17. The van der Waals surface area contributed by atoms with Crippen molar-refractivity contribution in [2.45, 2.75) is 44.7 Å². The van der Waals surface area contributed by atoms with Gasteiger partial charge in [-0.25, -0.2) is 0 Å². The molecule has 0 bridgehead atoms. The minimum Gasteiger partial charge on any atom is -0.369 e. The molecule has 0 atom stereocenters. The van der Waals surface area contributed by atoms with E-state index >= 15 is 0 Å². The van der Waals surface area contributed by atoms with Gasteiger partial charge in [-0.15, -0.1) is 0 Å². The minimum atomic E-state index is -0.642. The number of halogens is 1. The molecule has 1 N–H and O–H groups in total. The molecule has 3 aliphatic rings. The highest BCUT2D eigenvalue weighted by molar-refractivity contribution is 6.30. The molecule has 2 amide bonds. The van der Waals surface area contributed by atoms with E-state index in [1.165, 1.54) is 11.1 Å². The van der Waals surface area contributed by atoms with E-state index < -0.39 is 5.41 Å². The number of hydrogen-bond donors (Lipinski definition) is 1. The topological polar surface area (TPSA) is 55.9 Å². The molecular weight excluding hydrogens is 592 g/mol. The van der Waals surface area contributed by atoms with Crippen LogP contribution in [0.5, 0.6) is 0 Å². The second kappa shape index (κ2) is 12.9. The van der Waals surface area contributed by atoms with Crippen molar-refractivity contribution in [3.05, 3.63) is 124 Å². The molecule has 0 unspecified atom stereocenters. The number of nitrogens with one attached hydrogen (secondary N) is 1. The van der Waals surface area contributed by atoms with Gasteiger partial charge in [0.05, 0.1) is 0 Å². The minimum absolute atomic E-state index is 0.0911. The van der Waals surface area contributed by atoms with Crippen molar-refractivity contribution in [2.24, 2.45) is 0 Å². The standard InChI is InChI=1S/C39H41ClN4O2/c1-2-41-38(46)39(35-14-5-3-12-32(35)33-13-4-6-15-36(33)39)18-7-8-19-42-20-22-43(23-21-42)31-17-16-29-27-44(37(45)34(29)25-31)26-28-10-9-11-30(40)24-28/h3-6,9-17,24-25H,2,7-8,18-23,26-27H2,1H3,(H,41,46). The predicted molar refractivity (Wildman–Crippen MR) is 185 cm³/mol. The number of anilines is 1. The summed E-state index contributed by atoms with van der Waals surface area (Å²) in [7, 11) is 0. The molecule has 6 nitrogen and oxygen atoms in total. The van der Waals surface area contributed by atoms with Crippen molar-refractivity contribution in [3.8, 4) is 11.1 Å². The monoisotopic (exact) mass is 632 g/mol. The number of likely N-dealkylation sites (N-methyl/N-ethyl adjacent to an activating group) is 1. The zero-order valence-corrected chi connectivity index (χ0v) is 27.2. The third-order valence-corrected chi connectivity index (χ3v) is 10.3. The number of benzene rings is 4. The molecule has 4 aromatic rings. The number of rotatable bonds is 10. The summed E-state index contributed by atoms with van der Waals surface area (Å²) in [6.07, 6.45) is 2.81. The Hall–Kier alpha value is -4.13. The van der Waals surface area contributed by atoms with Crippen LogP contribution >= 0.6 is 11.6 Å². The highest BCUT2D eigenvalue weighted by Gasteiger charge is 2.48. The number of carbonyl (C=O) groups is 2. The first-order valence-corrected chi connectivity index (χ1v) is 17.0. The molecule has 7 rings (SSSR count). The number of unbranched alkanes of at least 4 members (excludes halogenated alkanes) is 1. The lowest BCUT2D eigenvalue weighted by atomic mass is 9.73. The molecule has 0 saturated carbocycles. The van der Waals surface area contributed by atoms with Crippen LogP contribution in [0.15, 0.2) is 91.0 Å². The molecule has 1 fully saturated rings. The van der Waals surface area contributed by atoms with Gasteiger partial charge in [0.2, 0.25) is 5.91 Å². The van der Waals surface area contributed by atoms with Gasteiger partial charge in [-0.3, -0.25) is 14.5 Å². The average Bonchev–Trinajstić information content (AvgIpc) is 3.55. The van der Waals surface area contributed by atoms with E-state index in [1.54, 1.807) is 0 Å². The smallest absolute Gasteiger partial charge is 0.254 e. The van der Waals surface area contributed by atoms with Crippen molar-refractivity contribution in [2.75, 3.05) is 44.2 Å². The molecule has 1 aliphatic carbocycles. The van der Waals surface area contributed by atoms with E-state index in [1.807, 2.05) is 36.1 Å². The van der Waals surface area contributed by atoms with Gasteiger partial charge < -0.3 is 15.1 Å². The molecule has 2 heterocycles. The maximum Gasteiger partial charge on any atom is 0.254 e. The molecule has 236 valence electrons. The van der Waals surface area contributed by atoms with Gasteiger partial charge in [0.15, 0.2) is 0 Å². The van der Waals surface area contributed by atoms with Crippen LogP contribution in [0.2, 0.25) is 5.02 Å². The molecule has 46 heavy (non-hydrogen) atoms. The van der Waals surface area contributed by atoms with E-state index in [4.69, 9.17) is 11.6 Å². The number of nitrogens with zero attached hydrogens (tertiary/aromatic N) is 3. The summed E-state index contributed by atoms with van der Waals surface area (Å²) in [4.78, 5) is 33.9. The predicted octanol–water partition coefficient (Wildman–Crippen LogP) is 6.89. The number of amides is 2. The van der Waals surface area contributed by atoms with Crippen molar-refractivity contribution in [1.82, 2.24) is 15.1 Å². The summed E-state index contributed by atoms with van der Waals surface area (Å²) in [6, 6.07) is 31.0. The highest BCUT2D eigenvalue weighted by Crippen LogP contribution is 2.51. The Morgan fingerprint density at radius 2 is 1.54 bits per heavy atom. The summed E-state index contributed by atoms with van der Waals surface area (Å²) in [5.74, 6) is 0.204. The van der Waals surface area contributed by atoms with Crippen molar-refractivity contribution >= 4 is 29.1 Å². The molecule has 2 aliphatic heterocycles. The largest absolute Gasteiger partial charge is 0.369 e. The van der Waals surface area contributed by atoms with Crippen molar-refractivity contribution in [1.29, 1.82) is 0 Å². The number of carbonyl (C=O) groups excluding carboxylic acids is 2. The Morgan fingerprint density at radius 1 is 0.826 bits per heavy atom. The SMILES string of the molecule is CCNC(=O)C1(CCCCN2CCN(c3ccc4c(c3)C(=O)N(Cc3cccc(Cl)c3)C4)CC2)c2ccccc2-c2ccccc21. The molecule has 0 aromatic heterocycles. The molecular formula is C39H41ClN4O2. The second-order valence-corrected chi connectivity index (χ2v) is 13.2. The van der Waals surface area contributed by atoms with Crippen LogP contribution in [0.3, 0.4) is 0 Å². The van der Waals surface area contributed by atoms with Gasteiger partial charge in [-0.1, -0.05) is 84.8 Å². The Morgan fingerprint density at radius 3 is 2.24 bits per heavy atom. The lowest BCUT2D eigenvalue weighted by Crippen LogP contribution is -2.47. The quantitative estimate of drug-likeness (QED) is 0.194. The van der Waals surface area contributed by atoms with Crippen molar-refractivity contribution in [3.63, 3.8) is 0 Å². The molecule has 7 heteroatoms. The fourth-order valence-corrected chi connectivity index (χ4v) is 7.96. The Kier molecular flexibility index (Phi) is 8.58. The van der Waals surface area contributed by atoms with Gasteiger partial charge >= 0.3 is 0 Å². The zero-order chi connectivity index (χ0) is 31.7. The molecule has 4 aromatic carbocycles. The maximum absolute atomic E-state index is 13.8. The Bertz CT molecular complexity index is 1720. The van der Waals surface area contributed by atoms with Crippen LogP contribution < -0.4 is 10.2 Å². The molecule has 1 saturated heterocycles. The number of fused-ring (bicyclic) bond motifs is 4. The third-order valence-electron chi connectivity index (χ3n) is 10.0. The van der Waals surface area contributed by atoms with Crippen LogP contribution in [-0.4, -0.2) is 60.9 Å². The first-order chi connectivity index (χ1) is 22.5. The van der Waals surface area contributed by atoms with Crippen molar-refractivity contribution < 1.29 is 9.59 Å². The first kappa shape index (κ1) is 30.5. The van der Waals surface area contributed by atoms with Crippen LogP contribution in [0.25, 0.3) is 11.1 Å². The van der Waals surface area contributed by atoms with Gasteiger partial charge in [0.1, 0.15) is 5.41 Å². The van der Waals surface area contributed by atoms with E-state index in [0.29, 0.717) is 24.7 Å². The second-order valence-electron chi connectivity index (χ2n) is 12.8. The lowest BCUT2D eigenvalue weighted by molar-refractivity contribution is -0.125. The van der Waals surface area contributed by atoms with Crippen LogP contribution in [0.1, 0.15) is 58.8 Å². The van der Waals surface area contributed by atoms with Crippen LogP contribution in [-0.2, 0) is 23.3 Å². The first-order valence-electron chi connectivity index (χ1n) is 16.6. The van der Waals surface area contributed by atoms with E-state index in [2.05, 4.69) is 81.8 Å². The lowest BCUT2D eigenvalue weighted by Gasteiger charge is -2.36. The number of piperazine rings is 1. The normalized spacial score (nSPS) is 16.7. The van der Waals surface area contributed by atoms with Gasteiger partial charge in [-0.05, 0) is 84.0 Å². The fourth-order valence-electron chi connectivity index (χ4n) is 7.75. The van der Waals surface area contributed by atoms with E-state index in [0.717, 1.165) is 85.5 Å². The maximum atomic E-state index is 13.8. The van der Waals surface area contributed by atoms with Crippen LogP contribution in [0, 0.1) is 0 Å². The van der Waals surface area contributed by atoms with Gasteiger partial charge in [-0.2, -0.15) is 0 Å². The Labute approximate surface area is 277 Å². The summed E-state index contributed by atoms with van der Waals surface area (Å²) < 4.78 is 0. The molecule has 0 spiro atoms. The van der Waals surface area contributed by atoms with E-state index in [9.17, 15) is 9.59 Å².